The van der Waals surface area contributed by atoms with Crippen LogP contribution in [0, 0.1) is 20.8 Å². The van der Waals surface area contributed by atoms with Crippen LogP contribution in [-0.4, -0.2) is 0 Å². The van der Waals surface area contributed by atoms with Gasteiger partial charge in [0.1, 0.15) is 0 Å². The molecule has 0 saturated heterocycles. The average molecular weight is 823 g/mol. The van der Waals surface area contributed by atoms with Crippen molar-refractivity contribution in [1.82, 2.24) is 0 Å². The molecule has 0 N–H and O–H groups in total. The number of aryl methyl sites for hydroxylation is 3. The van der Waals surface area contributed by atoms with E-state index in [-0.39, 0.29) is 0 Å². The van der Waals surface area contributed by atoms with E-state index < -0.39 is 0 Å². The highest BCUT2D eigenvalue weighted by Gasteiger charge is 2.14. The number of fused-ring (bicyclic) bond motifs is 9. The normalized spacial score (nSPS) is 11.2. The van der Waals surface area contributed by atoms with E-state index in [1.807, 2.05) is 34.0 Å². The van der Waals surface area contributed by atoms with E-state index in [0.717, 1.165) is 0 Å². The molecule has 0 bridgehead atoms. The molecule has 0 fully saturated rings. The molecular formula is C57H42S3. The highest BCUT2D eigenvalue weighted by Crippen LogP contribution is 2.43. The maximum absolute atomic E-state index is 2.33. The summed E-state index contributed by atoms with van der Waals surface area (Å²) in [5.74, 6) is 0. The van der Waals surface area contributed by atoms with E-state index in [1.54, 1.807) is 0 Å². The van der Waals surface area contributed by atoms with Crippen LogP contribution in [0.1, 0.15) is 16.7 Å². The van der Waals surface area contributed by atoms with E-state index in [0.29, 0.717) is 0 Å². The van der Waals surface area contributed by atoms with Crippen LogP contribution >= 0.6 is 34.0 Å². The van der Waals surface area contributed by atoms with Crippen LogP contribution in [0.4, 0.5) is 0 Å². The summed E-state index contributed by atoms with van der Waals surface area (Å²) in [6.45, 7) is 6.61. The van der Waals surface area contributed by atoms with Crippen molar-refractivity contribution in [2.75, 3.05) is 0 Å². The second-order valence-electron chi connectivity index (χ2n) is 15.3. The van der Waals surface area contributed by atoms with E-state index in [1.165, 1.54) is 111 Å². The molecular weight excluding hydrogens is 781 g/mol. The fraction of sp³-hybridized carbons (Fsp3) is 0.0526. The van der Waals surface area contributed by atoms with Gasteiger partial charge in [0.25, 0.3) is 0 Å². The Balaban J connectivity index is 0.000000108. The van der Waals surface area contributed by atoms with Crippen LogP contribution in [0.25, 0.3) is 93.9 Å². The molecule has 3 aromatic heterocycles. The van der Waals surface area contributed by atoms with Gasteiger partial charge in [0, 0.05) is 60.5 Å². The van der Waals surface area contributed by atoms with Crippen molar-refractivity contribution in [2.45, 2.75) is 20.8 Å². The average Bonchev–Trinajstić information content (AvgIpc) is 4.01. The SMILES string of the molecule is Cc1ccc(-c2ccccc2)c2sc3ccccc3c12.Cc1cccc2sc3ccc(-c4ccccc4)cc3c12.Cc1cccc2sc3cccc(-c4ccccc4)c3c12. The van der Waals surface area contributed by atoms with Gasteiger partial charge in [0.2, 0.25) is 0 Å². The van der Waals surface area contributed by atoms with Gasteiger partial charge in [-0.05, 0) is 107 Å². The second kappa shape index (κ2) is 16.4. The van der Waals surface area contributed by atoms with Crippen molar-refractivity contribution in [2.24, 2.45) is 0 Å². The van der Waals surface area contributed by atoms with Crippen molar-refractivity contribution in [3.63, 3.8) is 0 Å². The van der Waals surface area contributed by atoms with Crippen molar-refractivity contribution >= 4 is 94.5 Å². The van der Waals surface area contributed by atoms with Crippen LogP contribution in [-0.2, 0) is 0 Å². The molecule has 0 atom stereocenters. The Labute approximate surface area is 363 Å². The molecule has 0 aliphatic rings. The largest absolute Gasteiger partial charge is 0.135 e. The van der Waals surface area contributed by atoms with Crippen molar-refractivity contribution in [1.29, 1.82) is 0 Å². The zero-order valence-corrected chi connectivity index (χ0v) is 36.2. The summed E-state index contributed by atoms with van der Waals surface area (Å²) < 4.78 is 8.27. The van der Waals surface area contributed by atoms with Gasteiger partial charge in [-0.2, -0.15) is 0 Å². The summed E-state index contributed by atoms with van der Waals surface area (Å²) in [6.07, 6.45) is 0. The van der Waals surface area contributed by atoms with Crippen LogP contribution in [0.15, 0.2) is 200 Å². The van der Waals surface area contributed by atoms with Gasteiger partial charge < -0.3 is 0 Å². The van der Waals surface area contributed by atoms with Gasteiger partial charge in [-0.1, -0.05) is 164 Å². The summed E-state index contributed by atoms with van der Waals surface area (Å²) in [4.78, 5) is 0. The van der Waals surface area contributed by atoms with Gasteiger partial charge in [-0.25, -0.2) is 0 Å². The minimum atomic E-state index is 1.28. The Bertz CT molecular complexity index is 3440. The summed E-state index contributed by atoms with van der Waals surface area (Å²) in [5, 5.41) is 8.38. The standard InChI is InChI=1S/3C19H14S/c1-13-7-5-11-16-18(13)19-15(10-6-12-17(19)20-16)14-8-3-2-4-9-14;1-13-6-5-9-18-19(13)16-12-15(10-11-17(16)20-18)14-7-3-2-4-8-14;1-13-11-12-15(14-7-3-2-4-8-14)19-18(13)16-9-5-6-10-17(16)20-19/h3*2-12H,1H3. The molecule has 3 heterocycles. The third kappa shape index (κ3) is 7.09. The molecule has 0 amide bonds. The Morgan fingerprint density at radius 1 is 0.267 bits per heavy atom. The first-order valence-electron chi connectivity index (χ1n) is 20.4. The van der Waals surface area contributed by atoms with Crippen molar-refractivity contribution < 1.29 is 0 Å². The Kier molecular flexibility index (Phi) is 10.3. The van der Waals surface area contributed by atoms with E-state index in [2.05, 4.69) is 221 Å². The highest BCUT2D eigenvalue weighted by molar-refractivity contribution is 7.27. The topological polar surface area (TPSA) is 0 Å². The number of benzene rings is 9. The van der Waals surface area contributed by atoms with Crippen LogP contribution in [0.3, 0.4) is 0 Å². The molecule has 3 heteroatoms. The highest BCUT2D eigenvalue weighted by atomic mass is 32.1. The minimum absolute atomic E-state index is 1.28. The zero-order valence-electron chi connectivity index (χ0n) is 33.8. The van der Waals surface area contributed by atoms with Gasteiger partial charge in [0.05, 0.1) is 0 Å². The van der Waals surface area contributed by atoms with Crippen LogP contribution in [0.2, 0.25) is 0 Å². The van der Waals surface area contributed by atoms with Crippen LogP contribution in [0.5, 0.6) is 0 Å². The summed E-state index contributed by atoms with van der Waals surface area (Å²) >= 11 is 5.66. The van der Waals surface area contributed by atoms with Crippen molar-refractivity contribution in [3.05, 3.63) is 217 Å². The van der Waals surface area contributed by atoms with E-state index in [4.69, 9.17) is 0 Å². The molecule has 0 aliphatic heterocycles. The van der Waals surface area contributed by atoms with Gasteiger partial charge in [-0.3, -0.25) is 0 Å². The van der Waals surface area contributed by atoms with Crippen molar-refractivity contribution in [3.8, 4) is 33.4 Å². The molecule has 12 rings (SSSR count). The molecule has 0 radical (unpaired) electrons. The molecule has 288 valence electrons. The maximum Gasteiger partial charge on any atom is 0.0436 e. The molecule has 0 aliphatic carbocycles. The predicted octanol–water partition coefficient (Wildman–Crippen LogP) is 18.1. The van der Waals surface area contributed by atoms with Gasteiger partial charge >= 0.3 is 0 Å². The number of hydrogen-bond acceptors (Lipinski definition) is 3. The second-order valence-corrected chi connectivity index (χ2v) is 18.5. The van der Waals surface area contributed by atoms with Crippen LogP contribution < -0.4 is 0 Å². The molecule has 0 nitrogen and oxygen atoms in total. The zero-order chi connectivity index (χ0) is 40.6. The molecule has 0 spiro atoms. The number of thiophene rings is 3. The number of hydrogen-bond donors (Lipinski definition) is 0. The summed E-state index contributed by atoms with van der Waals surface area (Å²) in [7, 11) is 0. The lowest BCUT2D eigenvalue weighted by molar-refractivity contribution is 1.55. The smallest absolute Gasteiger partial charge is 0.0436 e. The maximum atomic E-state index is 2.33. The molecule has 0 saturated carbocycles. The predicted molar refractivity (Wildman–Crippen MR) is 269 cm³/mol. The fourth-order valence-corrected chi connectivity index (χ4v) is 12.2. The molecule has 60 heavy (non-hydrogen) atoms. The quantitative estimate of drug-likeness (QED) is 0.167. The van der Waals surface area contributed by atoms with E-state index >= 15 is 0 Å². The summed E-state index contributed by atoms with van der Waals surface area (Å²) in [6, 6.07) is 71.7. The van der Waals surface area contributed by atoms with Gasteiger partial charge in [-0.15, -0.1) is 34.0 Å². The number of rotatable bonds is 3. The first kappa shape index (κ1) is 37.9. The lowest BCUT2D eigenvalue weighted by atomic mass is 9.98. The molecule has 0 unspecified atom stereocenters. The first-order valence-corrected chi connectivity index (χ1v) is 22.9. The Morgan fingerprint density at radius 2 is 0.767 bits per heavy atom. The van der Waals surface area contributed by atoms with Gasteiger partial charge in [0.15, 0.2) is 0 Å². The monoisotopic (exact) mass is 822 g/mol. The minimum Gasteiger partial charge on any atom is -0.135 e. The Hall–Kier alpha value is -6.36. The molecule has 9 aromatic carbocycles. The Morgan fingerprint density at radius 3 is 1.47 bits per heavy atom. The lowest BCUT2D eigenvalue weighted by Crippen LogP contribution is -1.80. The first-order chi connectivity index (χ1) is 29.5. The summed E-state index contributed by atoms with van der Waals surface area (Å²) in [5.41, 5.74) is 11.9. The lowest BCUT2D eigenvalue weighted by Gasteiger charge is -2.05. The fourth-order valence-electron chi connectivity index (χ4n) is 8.55. The van der Waals surface area contributed by atoms with E-state index in [9.17, 15) is 0 Å². The third-order valence-electron chi connectivity index (χ3n) is 11.4. The molecule has 12 aromatic rings. The third-order valence-corrected chi connectivity index (χ3v) is 14.9.